The number of fused-ring (bicyclic) bond motifs is 2. The second-order valence-electron chi connectivity index (χ2n) is 7.85. The van der Waals surface area contributed by atoms with Crippen molar-refractivity contribution in [3.8, 4) is 11.4 Å². The van der Waals surface area contributed by atoms with Crippen LogP contribution in [0.4, 0.5) is 0 Å². The van der Waals surface area contributed by atoms with E-state index >= 15 is 0 Å². The van der Waals surface area contributed by atoms with E-state index in [4.69, 9.17) is 0 Å². The van der Waals surface area contributed by atoms with Gasteiger partial charge in [-0.1, -0.05) is 12.5 Å². The maximum atomic E-state index is 11.9. The van der Waals surface area contributed by atoms with E-state index in [9.17, 15) is 4.79 Å². The lowest BCUT2D eigenvalue weighted by Crippen LogP contribution is -2.28. The first-order chi connectivity index (χ1) is 14.2. The molecule has 1 fully saturated rings. The number of carbonyl (C=O) groups excluding carboxylic acids is 1. The van der Waals surface area contributed by atoms with Crippen LogP contribution in [0, 0.1) is 0 Å². The molecule has 1 aliphatic rings. The van der Waals surface area contributed by atoms with Crippen LogP contribution in [0.25, 0.3) is 33.2 Å². The van der Waals surface area contributed by atoms with Crippen molar-refractivity contribution in [2.45, 2.75) is 25.8 Å². The number of benzene rings is 2. The van der Waals surface area contributed by atoms with Gasteiger partial charge in [-0.2, -0.15) is 5.10 Å². The van der Waals surface area contributed by atoms with Crippen LogP contribution in [0.2, 0.25) is 0 Å². The fourth-order valence-corrected chi connectivity index (χ4v) is 4.29. The van der Waals surface area contributed by atoms with Crippen LogP contribution in [0.15, 0.2) is 42.5 Å². The molecule has 29 heavy (non-hydrogen) atoms. The van der Waals surface area contributed by atoms with Gasteiger partial charge >= 0.3 is 0 Å². The highest BCUT2D eigenvalue weighted by Crippen LogP contribution is 2.30. The number of piperidine rings is 1. The van der Waals surface area contributed by atoms with E-state index < -0.39 is 0 Å². The molecule has 3 N–H and O–H groups in total. The van der Waals surface area contributed by atoms with Crippen molar-refractivity contribution < 1.29 is 4.79 Å². The number of hydrogen-bond donors (Lipinski definition) is 3. The number of aromatic nitrogens is 3. The molecule has 0 unspecified atom stereocenters. The van der Waals surface area contributed by atoms with Crippen molar-refractivity contribution in [2.75, 3.05) is 20.1 Å². The number of H-pyrrole nitrogens is 2. The Labute approximate surface area is 169 Å². The molecule has 0 saturated carbocycles. The summed E-state index contributed by atoms with van der Waals surface area (Å²) in [5.41, 5.74) is 5.79. The van der Waals surface area contributed by atoms with Crippen LogP contribution < -0.4 is 5.32 Å². The zero-order valence-electron chi connectivity index (χ0n) is 16.6. The van der Waals surface area contributed by atoms with Gasteiger partial charge in [0.15, 0.2) is 0 Å². The predicted molar refractivity (Wildman–Crippen MR) is 116 cm³/mol. The lowest BCUT2D eigenvalue weighted by molar-refractivity contribution is 0.0963. The SMILES string of the molecule is CNC(=O)c1ccc2c(-c3cc4cc(CN5CCCCC5)ccc4[nH]3)n[nH]c2c1. The first-order valence-corrected chi connectivity index (χ1v) is 10.3. The summed E-state index contributed by atoms with van der Waals surface area (Å²) in [5, 5.41) is 12.4. The Morgan fingerprint density at radius 3 is 2.76 bits per heavy atom. The van der Waals surface area contributed by atoms with E-state index in [1.807, 2.05) is 18.2 Å². The van der Waals surface area contributed by atoms with Crippen LogP contribution >= 0.6 is 0 Å². The molecule has 5 rings (SSSR count). The normalized spacial score (nSPS) is 15.2. The summed E-state index contributed by atoms with van der Waals surface area (Å²) in [6.07, 6.45) is 3.98. The van der Waals surface area contributed by atoms with Gasteiger partial charge in [0, 0.05) is 35.4 Å². The van der Waals surface area contributed by atoms with Crippen LogP contribution in [-0.2, 0) is 6.54 Å². The predicted octanol–water partition coefficient (Wildman–Crippen LogP) is 4.06. The summed E-state index contributed by atoms with van der Waals surface area (Å²) in [6, 6.07) is 14.4. The summed E-state index contributed by atoms with van der Waals surface area (Å²) < 4.78 is 0. The molecule has 4 aromatic rings. The summed E-state index contributed by atoms with van der Waals surface area (Å²) in [4.78, 5) is 17.9. The Kier molecular flexibility index (Phi) is 4.56. The Balaban J connectivity index is 1.46. The van der Waals surface area contributed by atoms with E-state index in [-0.39, 0.29) is 5.91 Å². The van der Waals surface area contributed by atoms with Gasteiger partial charge in [0.1, 0.15) is 5.69 Å². The molecular formula is C23H25N5O. The zero-order chi connectivity index (χ0) is 19.8. The molecule has 1 aliphatic heterocycles. The van der Waals surface area contributed by atoms with Gasteiger partial charge in [0.05, 0.1) is 11.2 Å². The molecule has 0 bridgehead atoms. The van der Waals surface area contributed by atoms with Gasteiger partial charge in [-0.05, 0) is 67.9 Å². The highest BCUT2D eigenvalue weighted by molar-refractivity contribution is 6.01. The molecule has 0 radical (unpaired) electrons. The van der Waals surface area contributed by atoms with E-state index in [2.05, 4.69) is 49.7 Å². The first kappa shape index (κ1) is 17.9. The molecule has 0 aliphatic carbocycles. The molecule has 6 heteroatoms. The molecule has 3 heterocycles. The lowest BCUT2D eigenvalue weighted by Gasteiger charge is -2.26. The van der Waals surface area contributed by atoms with Gasteiger partial charge in [-0.3, -0.25) is 14.8 Å². The number of likely N-dealkylation sites (tertiary alicyclic amines) is 1. The minimum Gasteiger partial charge on any atom is -0.355 e. The van der Waals surface area contributed by atoms with Crippen LogP contribution in [0.1, 0.15) is 35.2 Å². The lowest BCUT2D eigenvalue weighted by atomic mass is 10.1. The number of carbonyl (C=O) groups is 1. The average Bonchev–Trinajstić information content (AvgIpc) is 3.36. The zero-order valence-corrected chi connectivity index (χ0v) is 16.6. The minimum atomic E-state index is -0.102. The molecule has 2 aromatic carbocycles. The number of nitrogens with zero attached hydrogens (tertiary/aromatic N) is 2. The fraction of sp³-hybridized carbons (Fsp3) is 0.304. The van der Waals surface area contributed by atoms with Crippen molar-refractivity contribution in [3.05, 3.63) is 53.6 Å². The molecule has 0 spiro atoms. The standard InChI is InChI=1S/C23H25N5O/c1-24-23(29)16-6-7-18-20(12-16)26-27-22(18)21-13-17-11-15(5-8-19(17)25-21)14-28-9-3-2-4-10-28/h5-8,11-13,25H,2-4,9-10,14H2,1H3,(H,24,29)(H,26,27). The Bertz CT molecular complexity index is 1180. The second-order valence-corrected chi connectivity index (χ2v) is 7.85. The molecular weight excluding hydrogens is 362 g/mol. The van der Waals surface area contributed by atoms with Crippen LogP contribution in [0.5, 0.6) is 0 Å². The molecule has 1 saturated heterocycles. The van der Waals surface area contributed by atoms with Crippen molar-refractivity contribution in [1.82, 2.24) is 25.4 Å². The molecule has 0 atom stereocenters. The Morgan fingerprint density at radius 1 is 1.07 bits per heavy atom. The van der Waals surface area contributed by atoms with E-state index in [0.29, 0.717) is 5.56 Å². The second kappa shape index (κ2) is 7.37. The summed E-state index contributed by atoms with van der Waals surface area (Å²) in [6.45, 7) is 3.42. The summed E-state index contributed by atoms with van der Waals surface area (Å²) in [7, 11) is 1.63. The number of hydrogen-bond acceptors (Lipinski definition) is 3. The van der Waals surface area contributed by atoms with Crippen LogP contribution in [-0.4, -0.2) is 46.1 Å². The van der Waals surface area contributed by atoms with Crippen molar-refractivity contribution in [2.24, 2.45) is 0 Å². The maximum Gasteiger partial charge on any atom is 0.251 e. The van der Waals surface area contributed by atoms with E-state index in [1.54, 1.807) is 7.05 Å². The molecule has 2 aromatic heterocycles. The van der Waals surface area contributed by atoms with Crippen molar-refractivity contribution >= 4 is 27.7 Å². The van der Waals surface area contributed by atoms with Crippen molar-refractivity contribution in [1.29, 1.82) is 0 Å². The topological polar surface area (TPSA) is 76.8 Å². The summed E-state index contributed by atoms with van der Waals surface area (Å²) in [5.74, 6) is -0.102. The number of aromatic amines is 2. The largest absolute Gasteiger partial charge is 0.355 e. The molecule has 148 valence electrons. The third-order valence-corrected chi connectivity index (χ3v) is 5.85. The quantitative estimate of drug-likeness (QED) is 0.494. The first-order valence-electron chi connectivity index (χ1n) is 10.3. The average molecular weight is 387 g/mol. The monoisotopic (exact) mass is 387 g/mol. The van der Waals surface area contributed by atoms with E-state index in [1.165, 1.54) is 43.3 Å². The Morgan fingerprint density at radius 2 is 1.93 bits per heavy atom. The number of rotatable bonds is 4. The third kappa shape index (κ3) is 3.40. The van der Waals surface area contributed by atoms with Crippen LogP contribution in [0.3, 0.4) is 0 Å². The number of nitrogens with one attached hydrogen (secondary N) is 3. The van der Waals surface area contributed by atoms with Gasteiger partial charge in [0.2, 0.25) is 0 Å². The summed E-state index contributed by atoms with van der Waals surface area (Å²) >= 11 is 0. The number of amides is 1. The maximum absolute atomic E-state index is 11.9. The third-order valence-electron chi connectivity index (χ3n) is 5.85. The van der Waals surface area contributed by atoms with Gasteiger partial charge in [0.25, 0.3) is 5.91 Å². The smallest absolute Gasteiger partial charge is 0.251 e. The fourth-order valence-electron chi connectivity index (χ4n) is 4.29. The van der Waals surface area contributed by atoms with Gasteiger partial charge in [-0.25, -0.2) is 0 Å². The highest BCUT2D eigenvalue weighted by Gasteiger charge is 2.14. The molecule has 6 nitrogen and oxygen atoms in total. The van der Waals surface area contributed by atoms with Gasteiger partial charge < -0.3 is 10.3 Å². The Hall–Kier alpha value is -3.12. The minimum absolute atomic E-state index is 0.102. The highest BCUT2D eigenvalue weighted by atomic mass is 16.1. The molecule has 1 amide bonds. The van der Waals surface area contributed by atoms with E-state index in [0.717, 1.165) is 34.4 Å². The van der Waals surface area contributed by atoms with Gasteiger partial charge in [-0.15, -0.1) is 0 Å². The van der Waals surface area contributed by atoms with Crippen molar-refractivity contribution in [3.63, 3.8) is 0 Å².